The zero-order valence-electron chi connectivity index (χ0n) is 17.4. The van der Waals surface area contributed by atoms with Crippen molar-refractivity contribution in [3.05, 3.63) is 48.2 Å². The van der Waals surface area contributed by atoms with Crippen LogP contribution in [0.4, 0.5) is 0 Å². The van der Waals surface area contributed by atoms with Crippen molar-refractivity contribution in [2.75, 3.05) is 13.1 Å². The van der Waals surface area contributed by atoms with Crippen molar-refractivity contribution >= 4 is 22.5 Å². The molecule has 0 radical (unpaired) electrons. The fourth-order valence-electron chi connectivity index (χ4n) is 4.80. The first-order valence-corrected chi connectivity index (χ1v) is 11.0. The molecule has 158 valence electrons. The van der Waals surface area contributed by atoms with Gasteiger partial charge in [0.05, 0.1) is 17.8 Å². The number of H-pyrrole nitrogens is 1. The van der Waals surface area contributed by atoms with Crippen molar-refractivity contribution in [1.82, 2.24) is 30.6 Å². The van der Waals surface area contributed by atoms with Gasteiger partial charge in [-0.3, -0.25) is 19.6 Å². The van der Waals surface area contributed by atoms with Crippen molar-refractivity contribution in [3.63, 3.8) is 0 Å². The molecule has 3 N–H and O–H groups in total. The summed E-state index contributed by atoms with van der Waals surface area (Å²) in [5.41, 5.74) is 5.39. The number of nitrogens with one attached hydrogen (secondary N) is 3. The van der Waals surface area contributed by atoms with E-state index in [0.717, 1.165) is 65.8 Å². The third-order valence-electron chi connectivity index (χ3n) is 6.79. The van der Waals surface area contributed by atoms with Gasteiger partial charge in [-0.1, -0.05) is 6.07 Å². The maximum atomic E-state index is 13.0. The summed E-state index contributed by atoms with van der Waals surface area (Å²) < 4.78 is 2.08. The van der Waals surface area contributed by atoms with Gasteiger partial charge in [0, 0.05) is 46.6 Å². The van der Waals surface area contributed by atoms with Crippen molar-refractivity contribution in [2.45, 2.75) is 32.2 Å². The summed E-state index contributed by atoms with van der Waals surface area (Å²) in [5.74, 6) is 0.683. The molecule has 1 saturated heterocycles. The first-order chi connectivity index (χ1) is 15.2. The van der Waals surface area contributed by atoms with Gasteiger partial charge in [0.15, 0.2) is 5.69 Å². The molecule has 1 amide bonds. The Morgan fingerprint density at radius 3 is 2.94 bits per heavy atom. The number of piperidine rings is 1. The Hall–Kier alpha value is -3.26. The molecule has 31 heavy (non-hydrogen) atoms. The lowest BCUT2D eigenvalue weighted by atomic mass is 10.1. The molecule has 2 unspecified atom stereocenters. The van der Waals surface area contributed by atoms with Crippen LogP contribution >= 0.6 is 0 Å². The van der Waals surface area contributed by atoms with Crippen molar-refractivity contribution in [1.29, 1.82) is 0 Å². The normalized spacial score (nSPS) is 23.3. The molecule has 0 spiro atoms. The quantitative estimate of drug-likeness (QED) is 0.610. The van der Waals surface area contributed by atoms with E-state index in [-0.39, 0.29) is 5.91 Å². The number of hydrogen-bond acceptors (Lipinski definition) is 5. The zero-order chi connectivity index (χ0) is 20.9. The van der Waals surface area contributed by atoms with Gasteiger partial charge >= 0.3 is 0 Å². The molecule has 0 bridgehead atoms. The van der Waals surface area contributed by atoms with Crippen LogP contribution in [0.2, 0.25) is 0 Å². The number of fused-ring (bicyclic) bond motifs is 2. The Balaban J connectivity index is 1.27. The summed E-state index contributed by atoms with van der Waals surface area (Å²) in [6.45, 7) is 4.11. The van der Waals surface area contributed by atoms with Crippen molar-refractivity contribution < 1.29 is 4.79 Å². The number of aromatic nitrogens is 4. The second-order valence-electron chi connectivity index (χ2n) is 8.78. The van der Waals surface area contributed by atoms with Gasteiger partial charge in [0.2, 0.25) is 0 Å². The average molecular weight is 416 g/mol. The average Bonchev–Trinajstić information content (AvgIpc) is 3.28. The van der Waals surface area contributed by atoms with Crippen molar-refractivity contribution in [2.24, 2.45) is 16.8 Å². The summed E-state index contributed by atoms with van der Waals surface area (Å²) in [7, 11) is 0. The highest BCUT2D eigenvalue weighted by molar-refractivity contribution is 6.06. The Bertz CT molecular complexity index is 1230. The fraction of sp³-hybridized carbons (Fsp3) is 0.391. The molecule has 2 fully saturated rings. The van der Waals surface area contributed by atoms with Gasteiger partial charge in [0.1, 0.15) is 0 Å². The molecule has 3 aliphatic rings. The number of aliphatic imine (C=N–C) groups is 1. The van der Waals surface area contributed by atoms with E-state index in [0.29, 0.717) is 23.6 Å². The van der Waals surface area contributed by atoms with E-state index in [1.807, 2.05) is 24.4 Å². The molecule has 8 nitrogen and oxygen atoms in total. The topological polar surface area (TPSA) is 100.0 Å². The summed E-state index contributed by atoms with van der Waals surface area (Å²) in [6.07, 6.45) is 9.05. The molecule has 2 atom stereocenters. The predicted octanol–water partition coefficient (Wildman–Crippen LogP) is 3.03. The standard InChI is InChI=1S/C23H25N7O/c1-13-17-9-18(17)21(11-25-13)27-23(31)22-19-8-14(2-3-20(19)28-29-22)15-10-26-30(12-15)16-4-6-24-7-5-16/h2-3,8,10-12,16-18,24H,4-7,9H2,1H3,(H,27,31)(H,28,29). The minimum absolute atomic E-state index is 0.194. The lowest BCUT2D eigenvalue weighted by Crippen LogP contribution is -2.29. The van der Waals surface area contributed by atoms with E-state index in [2.05, 4.69) is 48.7 Å². The molecule has 1 aromatic carbocycles. The Morgan fingerprint density at radius 2 is 2.06 bits per heavy atom. The SMILES string of the molecule is CC1=NC=C(NC(=O)c2n[nH]c3ccc(-c4cnn(C5CCNCC5)c4)cc23)C2CC12. The van der Waals surface area contributed by atoms with Crippen LogP contribution in [-0.2, 0) is 0 Å². The molecule has 4 heterocycles. The molecule has 6 rings (SSSR count). The molecule has 1 aliphatic carbocycles. The van der Waals surface area contributed by atoms with Crippen LogP contribution in [0.1, 0.15) is 42.7 Å². The van der Waals surface area contributed by atoms with E-state index >= 15 is 0 Å². The highest BCUT2D eigenvalue weighted by Gasteiger charge is 2.44. The van der Waals surface area contributed by atoms with Crippen LogP contribution in [0.3, 0.4) is 0 Å². The van der Waals surface area contributed by atoms with Crippen LogP contribution < -0.4 is 10.6 Å². The summed E-state index contributed by atoms with van der Waals surface area (Å²) in [4.78, 5) is 17.4. The van der Waals surface area contributed by atoms with Gasteiger partial charge in [-0.25, -0.2) is 0 Å². The Morgan fingerprint density at radius 1 is 1.19 bits per heavy atom. The third kappa shape index (κ3) is 3.27. The first kappa shape index (κ1) is 18.5. The van der Waals surface area contributed by atoms with E-state index in [1.165, 1.54) is 0 Å². The van der Waals surface area contributed by atoms with Gasteiger partial charge in [0.25, 0.3) is 5.91 Å². The number of hydrogen-bond donors (Lipinski definition) is 3. The second-order valence-corrected chi connectivity index (χ2v) is 8.78. The monoisotopic (exact) mass is 415 g/mol. The number of carbonyl (C=O) groups is 1. The minimum atomic E-state index is -0.194. The van der Waals surface area contributed by atoms with Crippen LogP contribution in [0.25, 0.3) is 22.0 Å². The second kappa shape index (κ2) is 7.16. The summed E-state index contributed by atoms with van der Waals surface area (Å²) in [5, 5.41) is 19.1. The van der Waals surface area contributed by atoms with E-state index in [9.17, 15) is 4.79 Å². The molecular weight excluding hydrogens is 390 g/mol. The highest BCUT2D eigenvalue weighted by atomic mass is 16.2. The largest absolute Gasteiger partial charge is 0.322 e. The van der Waals surface area contributed by atoms with Gasteiger partial charge < -0.3 is 10.6 Å². The number of rotatable bonds is 4. The number of benzene rings is 1. The van der Waals surface area contributed by atoms with Crippen LogP contribution in [0.5, 0.6) is 0 Å². The Kier molecular flexibility index (Phi) is 4.27. The third-order valence-corrected chi connectivity index (χ3v) is 6.79. The lowest BCUT2D eigenvalue weighted by Gasteiger charge is -2.22. The first-order valence-electron chi connectivity index (χ1n) is 11.0. The number of aromatic amines is 1. The molecule has 2 aliphatic heterocycles. The summed E-state index contributed by atoms with van der Waals surface area (Å²) >= 11 is 0. The molecule has 1 saturated carbocycles. The van der Waals surface area contributed by atoms with E-state index in [1.54, 1.807) is 6.20 Å². The fourth-order valence-corrected chi connectivity index (χ4v) is 4.80. The highest BCUT2D eigenvalue weighted by Crippen LogP contribution is 2.46. The van der Waals surface area contributed by atoms with E-state index < -0.39 is 0 Å². The number of carbonyl (C=O) groups excluding carboxylic acids is 1. The number of allylic oxidation sites excluding steroid dienone is 1. The molecule has 2 aromatic heterocycles. The number of nitrogens with zero attached hydrogens (tertiary/aromatic N) is 4. The maximum Gasteiger partial charge on any atom is 0.276 e. The lowest BCUT2D eigenvalue weighted by molar-refractivity contribution is 0.0960. The minimum Gasteiger partial charge on any atom is -0.322 e. The van der Waals surface area contributed by atoms with Crippen LogP contribution in [0, 0.1) is 11.8 Å². The molecule has 8 heteroatoms. The smallest absolute Gasteiger partial charge is 0.276 e. The maximum absolute atomic E-state index is 13.0. The van der Waals surface area contributed by atoms with Gasteiger partial charge in [-0.2, -0.15) is 10.2 Å². The van der Waals surface area contributed by atoms with Gasteiger partial charge in [-0.05, 0) is 57.0 Å². The molecular formula is C23H25N7O. The zero-order valence-corrected chi connectivity index (χ0v) is 17.4. The van der Waals surface area contributed by atoms with Gasteiger partial charge in [-0.15, -0.1) is 0 Å². The van der Waals surface area contributed by atoms with E-state index in [4.69, 9.17) is 0 Å². The number of amides is 1. The summed E-state index contributed by atoms with van der Waals surface area (Å²) in [6, 6.07) is 6.48. The molecule has 3 aromatic rings. The Labute approximate surface area is 179 Å². The predicted molar refractivity (Wildman–Crippen MR) is 119 cm³/mol. The van der Waals surface area contributed by atoms with Crippen molar-refractivity contribution in [3.8, 4) is 11.1 Å². The van der Waals surface area contributed by atoms with Crippen LogP contribution in [0.15, 0.2) is 47.5 Å². The van der Waals surface area contributed by atoms with Crippen LogP contribution in [-0.4, -0.2) is 44.7 Å².